The molecular weight excluding hydrogens is 238 g/mol. The SMILES string of the molecule is CN[C@H]1C[C@H](Oc2cccc(CC(=O)C(C)C)c2)C1. The van der Waals surface area contributed by atoms with E-state index in [4.69, 9.17) is 4.74 Å². The summed E-state index contributed by atoms with van der Waals surface area (Å²) < 4.78 is 5.91. The van der Waals surface area contributed by atoms with Crippen LogP contribution >= 0.6 is 0 Å². The Bertz CT molecular complexity index is 436. The standard InChI is InChI=1S/C16H23NO2/c1-11(2)16(18)8-12-5-4-6-14(7-12)19-15-9-13(10-15)17-3/h4-7,11,13,15,17H,8-10H2,1-3H3/t13-,15-. The van der Waals surface area contributed by atoms with E-state index in [0.717, 1.165) is 24.2 Å². The molecule has 0 aromatic heterocycles. The Kier molecular flexibility index (Phi) is 4.59. The number of hydrogen-bond donors (Lipinski definition) is 1. The van der Waals surface area contributed by atoms with Crippen molar-refractivity contribution in [3.05, 3.63) is 29.8 Å². The van der Waals surface area contributed by atoms with Gasteiger partial charge in [0, 0.05) is 18.4 Å². The van der Waals surface area contributed by atoms with Crippen LogP contribution in [-0.4, -0.2) is 25.0 Å². The van der Waals surface area contributed by atoms with Crippen molar-refractivity contribution >= 4 is 5.78 Å². The highest BCUT2D eigenvalue weighted by Gasteiger charge is 2.29. The molecule has 0 amide bonds. The van der Waals surface area contributed by atoms with Crippen LogP contribution in [0, 0.1) is 5.92 Å². The maximum absolute atomic E-state index is 11.7. The molecule has 1 aromatic rings. The maximum Gasteiger partial charge on any atom is 0.139 e. The van der Waals surface area contributed by atoms with Gasteiger partial charge in [-0.2, -0.15) is 0 Å². The Labute approximate surface area is 115 Å². The Morgan fingerprint density at radius 2 is 2.16 bits per heavy atom. The third-order valence-corrected chi connectivity index (χ3v) is 3.73. The van der Waals surface area contributed by atoms with Gasteiger partial charge in [-0.3, -0.25) is 4.79 Å². The number of benzene rings is 1. The van der Waals surface area contributed by atoms with Crippen LogP contribution in [0.1, 0.15) is 32.3 Å². The molecule has 3 nitrogen and oxygen atoms in total. The van der Waals surface area contributed by atoms with Crippen molar-refractivity contribution in [1.29, 1.82) is 0 Å². The molecule has 1 saturated carbocycles. The molecule has 104 valence electrons. The van der Waals surface area contributed by atoms with Crippen molar-refractivity contribution in [2.45, 2.75) is 45.3 Å². The fourth-order valence-electron chi connectivity index (χ4n) is 2.22. The van der Waals surface area contributed by atoms with Crippen LogP contribution in [0.25, 0.3) is 0 Å². The monoisotopic (exact) mass is 261 g/mol. The van der Waals surface area contributed by atoms with E-state index in [1.807, 2.05) is 45.2 Å². The van der Waals surface area contributed by atoms with Gasteiger partial charge >= 0.3 is 0 Å². The molecule has 0 atom stereocenters. The fourth-order valence-corrected chi connectivity index (χ4v) is 2.22. The molecule has 0 heterocycles. The Hall–Kier alpha value is -1.35. The smallest absolute Gasteiger partial charge is 0.139 e. The van der Waals surface area contributed by atoms with E-state index in [2.05, 4.69) is 5.32 Å². The lowest BCUT2D eigenvalue weighted by Gasteiger charge is -2.35. The van der Waals surface area contributed by atoms with Gasteiger partial charge in [-0.05, 0) is 37.6 Å². The Morgan fingerprint density at radius 3 is 2.79 bits per heavy atom. The molecule has 1 aliphatic carbocycles. The van der Waals surface area contributed by atoms with Crippen LogP contribution in [0.2, 0.25) is 0 Å². The van der Waals surface area contributed by atoms with Crippen molar-refractivity contribution in [3.63, 3.8) is 0 Å². The molecule has 19 heavy (non-hydrogen) atoms. The first-order valence-electron chi connectivity index (χ1n) is 7.04. The number of carbonyl (C=O) groups is 1. The lowest BCUT2D eigenvalue weighted by molar-refractivity contribution is -0.121. The van der Waals surface area contributed by atoms with Crippen molar-refractivity contribution in [1.82, 2.24) is 5.32 Å². The molecule has 3 heteroatoms. The second-order valence-corrected chi connectivity index (χ2v) is 5.64. The normalized spacial score (nSPS) is 22.1. The van der Waals surface area contributed by atoms with E-state index in [9.17, 15) is 4.79 Å². The van der Waals surface area contributed by atoms with Crippen LogP contribution < -0.4 is 10.1 Å². The van der Waals surface area contributed by atoms with Crippen LogP contribution in [0.5, 0.6) is 5.75 Å². The molecule has 1 aliphatic rings. The lowest BCUT2D eigenvalue weighted by Crippen LogP contribution is -2.45. The van der Waals surface area contributed by atoms with E-state index < -0.39 is 0 Å². The maximum atomic E-state index is 11.7. The zero-order valence-electron chi connectivity index (χ0n) is 12.0. The summed E-state index contributed by atoms with van der Waals surface area (Å²) >= 11 is 0. The molecule has 0 saturated heterocycles. The first-order chi connectivity index (χ1) is 9.08. The van der Waals surface area contributed by atoms with E-state index in [1.165, 1.54) is 0 Å². The summed E-state index contributed by atoms with van der Waals surface area (Å²) in [5.74, 6) is 1.25. The average molecular weight is 261 g/mol. The number of hydrogen-bond acceptors (Lipinski definition) is 3. The summed E-state index contributed by atoms with van der Waals surface area (Å²) in [6, 6.07) is 8.51. The molecule has 0 unspecified atom stereocenters. The van der Waals surface area contributed by atoms with Gasteiger partial charge < -0.3 is 10.1 Å². The molecular formula is C16H23NO2. The molecule has 1 aromatic carbocycles. The number of Topliss-reactive ketones (excluding diaryl/α,β-unsaturated/α-hetero) is 1. The van der Waals surface area contributed by atoms with Crippen LogP contribution in [-0.2, 0) is 11.2 Å². The first kappa shape index (κ1) is 14.1. The Balaban J connectivity index is 1.90. The molecule has 0 aliphatic heterocycles. The zero-order chi connectivity index (χ0) is 13.8. The van der Waals surface area contributed by atoms with Crippen molar-refractivity contribution in [2.75, 3.05) is 7.05 Å². The Morgan fingerprint density at radius 1 is 1.42 bits per heavy atom. The van der Waals surface area contributed by atoms with Gasteiger partial charge in [0.2, 0.25) is 0 Å². The fraction of sp³-hybridized carbons (Fsp3) is 0.562. The van der Waals surface area contributed by atoms with Crippen LogP contribution in [0.15, 0.2) is 24.3 Å². The van der Waals surface area contributed by atoms with Crippen molar-refractivity contribution in [3.8, 4) is 5.75 Å². The lowest BCUT2D eigenvalue weighted by atomic mass is 9.89. The summed E-state index contributed by atoms with van der Waals surface area (Å²) in [6.45, 7) is 3.88. The van der Waals surface area contributed by atoms with E-state index >= 15 is 0 Å². The number of ketones is 1. The molecule has 1 N–H and O–H groups in total. The highest BCUT2D eigenvalue weighted by Crippen LogP contribution is 2.26. The highest BCUT2D eigenvalue weighted by atomic mass is 16.5. The van der Waals surface area contributed by atoms with Crippen molar-refractivity contribution < 1.29 is 9.53 Å². The second kappa shape index (κ2) is 6.20. The van der Waals surface area contributed by atoms with Crippen LogP contribution in [0.3, 0.4) is 0 Å². The molecule has 0 bridgehead atoms. The minimum absolute atomic E-state index is 0.0904. The summed E-state index contributed by atoms with van der Waals surface area (Å²) in [5.41, 5.74) is 1.04. The summed E-state index contributed by atoms with van der Waals surface area (Å²) in [7, 11) is 1.99. The number of nitrogens with one attached hydrogen (secondary N) is 1. The number of ether oxygens (including phenoxy) is 1. The average Bonchev–Trinajstić information content (AvgIpc) is 2.33. The number of carbonyl (C=O) groups excluding carboxylic acids is 1. The van der Waals surface area contributed by atoms with Gasteiger partial charge in [0.25, 0.3) is 0 Å². The van der Waals surface area contributed by atoms with E-state index in [1.54, 1.807) is 0 Å². The van der Waals surface area contributed by atoms with Crippen LogP contribution in [0.4, 0.5) is 0 Å². The third-order valence-electron chi connectivity index (χ3n) is 3.73. The number of rotatable bonds is 6. The van der Waals surface area contributed by atoms with Gasteiger partial charge in [0.1, 0.15) is 17.6 Å². The van der Waals surface area contributed by atoms with E-state index in [0.29, 0.717) is 18.6 Å². The summed E-state index contributed by atoms with van der Waals surface area (Å²) in [5, 5.41) is 3.24. The predicted molar refractivity (Wildman–Crippen MR) is 76.5 cm³/mol. The molecule has 1 fully saturated rings. The third kappa shape index (κ3) is 3.80. The second-order valence-electron chi connectivity index (χ2n) is 5.64. The molecule has 0 spiro atoms. The molecule has 2 rings (SSSR count). The van der Waals surface area contributed by atoms with Gasteiger partial charge in [-0.25, -0.2) is 0 Å². The first-order valence-corrected chi connectivity index (χ1v) is 7.04. The van der Waals surface area contributed by atoms with E-state index in [-0.39, 0.29) is 11.7 Å². The minimum atomic E-state index is 0.0904. The predicted octanol–water partition coefficient (Wildman–Crippen LogP) is 2.58. The van der Waals surface area contributed by atoms with Crippen molar-refractivity contribution in [2.24, 2.45) is 5.92 Å². The van der Waals surface area contributed by atoms with Gasteiger partial charge in [0.15, 0.2) is 0 Å². The quantitative estimate of drug-likeness (QED) is 0.855. The topological polar surface area (TPSA) is 38.3 Å². The molecule has 0 radical (unpaired) electrons. The van der Waals surface area contributed by atoms with Gasteiger partial charge in [0.05, 0.1) is 0 Å². The van der Waals surface area contributed by atoms with Gasteiger partial charge in [-0.15, -0.1) is 0 Å². The van der Waals surface area contributed by atoms with Gasteiger partial charge in [-0.1, -0.05) is 26.0 Å². The highest BCUT2D eigenvalue weighted by molar-refractivity contribution is 5.82. The summed E-state index contributed by atoms with van der Waals surface area (Å²) in [6.07, 6.45) is 2.93. The minimum Gasteiger partial charge on any atom is -0.490 e. The largest absolute Gasteiger partial charge is 0.490 e. The zero-order valence-corrected chi connectivity index (χ0v) is 12.0. The summed E-state index contributed by atoms with van der Waals surface area (Å²) in [4.78, 5) is 11.7.